The minimum absolute atomic E-state index is 0.144. The van der Waals surface area contributed by atoms with E-state index in [9.17, 15) is 19.5 Å². The van der Waals surface area contributed by atoms with Gasteiger partial charge in [0.15, 0.2) is 12.4 Å². The standard InChI is InChI=1S/C50H85NO8/c1-6-8-10-12-13-14-15-16-17-18-19-20-21-22-23-24-25-26-27-28-29-30-31-32-33-34-35-37-39-41-48(53)59-46(44-57-47(52)40-38-36-11-9-7-2)45-58-50(49(54)55)56-43-42-51(3,4)5/h8,10,13-14,16-17,19-20,22-23,25-26,46,50H,6-7,9,11-12,15,18,21,24,27-45H2,1-5H3/b10-8-,14-13-,17-16-,20-19-,23-22-,26-25-. The number of aliphatic carboxylic acids is 1. The topological polar surface area (TPSA) is 111 Å². The number of likely N-dealkylation sites (N-methyl/N-ethyl adjacent to an activating group) is 1. The largest absolute Gasteiger partial charge is 0.545 e. The fourth-order valence-electron chi connectivity index (χ4n) is 5.89. The van der Waals surface area contributed by atoms with E-state index in [2.05, 4.69) is 86.8 Å². The smallest absolute Gasteiger partial charge is 0.306 e. The molecule has 0 aromatic carbocycles. The Morgan fingerprint density at radius 2 is 0.966 bits per heavy atom. The number of hydrogen-bond donors (Lipinski definition) is 0. The molecule has 0 saturated carbocycles. The van der Waals surface area contributed by atoms with Gasteiger partial charge in [-0.2, -0.15) is 0 Å². The molecule has 0 aliphatic carbocycles. The van der Waals surface area contributed by atoms with Crippen LogP contribution in [0.4, 0.5) is 0 Å². The quantitative estimate of drug-likeness (QED) is 0.0197. The van der Waals surface area contributed by atoms with Crippen LogP contribution in [0.1, 0.15) is 168 Å². The van der Waals surface area contributed by atoms with Gasteiger partial charge in [-0.25, -0.2) is 0 Å². The number of carboxylic acids is 1. The van der Waals surface area contributed by atoms with Crippen molar-refractivity contribution < 1.29 is 42.9 Å². The minimum atomic E-state index is -1.62. The molecule has 0 bridgehead atoms. The van der Waals surface area contributed by atoms with Gasteiger partial charge in [-0.1, -0.05) is 164 Å². The lowest BCUT2D eigenvalue weighted by Crippen LogP contribution is -2.44. The number of carbonyl (C=O) groups excluding carboxylic acids is 3. The molecule has 0 N–H and O–H groups in total. The van der Waals surface area contributed by atoms with Gasteiger partial charge in [0.1, 0.15) is 13.2 Å². The third-order valence-electron chi connectivity index (χ3n) is 9.47. The van der Waals surface area contributed by atoms with Gasteiger partial charge in [0, 0.05) is 12.8 Å². The molecule has 0 fully saturated rings. The highest BCUT2D eigenvalue weighted by Gasteiger charge is 2.21. The maximum Gasteiger partial charge on any atom is 0.306 e. The van der Waals surface area contributed by atoms with Gasteiger partial charge in [0.25, 0.3) is 0 Å². The Morgan fingerprint density at radius 1 is 0.525 bits per heavy atom. The van der Waals surface area contributed by atoms with Crippen LogP contribution in [-0.2, 0) is 33.3 Å². The third-order valence-corrected chi connectivity index (χ3v) is 9.47. The van der Waals surface area contributed by atoms with Gasteiger partial charge < -0.3 is 33.3 Å². The second-order valence-electron chi connectivity index (χ2n) is 16.3. The molecule has 2 atom stereocenters. The Bertz CT molecular complexity index is 1200. The number of nitrogens with zero attached hydrogens (tertiary/aromatic N) is 1. The first kappa shape index (κ1) is 55.7. The lowest BCUT2D eigenvalue weighted by atomic mass is 10.0. The van der Waals surface area contributed by atoms with Crippen LogP contribution < -0.4 is 5.11 Å². The molecular formula is C50H85NO8. The number of ether oxygens (including phenoxy) is 4. The molecule has 9 nitrogen and oxygen atoms in total. The molecule has 0 rings (SSSR count). The van der Waals surface area contributed by atoms with Crippen LogP contribution in [0.3, 0.4) is 0 Å². The molecule has 0 heterocycles. The number of carboxylic acid groups (broad SMARTS) is 1. The van der Waals surface area contributed by atoms with Crippen molar-refractivity contribution in [3.63, 3.8) is 0 Å². The van der Waals surface area contributed by atoms with Crippen LogP contribution in [0.2, 0.25) is 0 Å². The highest BCUT2D eigenvalue weighted by atomic mass is 16.7. The first-order chi connectivity index (χ1) is 28.6. The zero-order valence-electron chi connectivity index (χ0n) is 38.1. The van der Waals surface area contributed by atoms with E-state index in [4.69, 9.17) is 18.9 Å². The molecule has 0 aliphatic rings. The monoisotopic (exact) mass is 828 g/mol. The summed E-state index contributed by atoms with van der Waals surface area (Å²) in [5.41, 5.74) is 0. The summed E-state index contributed by atoms with van der Waals surface area (Å²) in [5, 5.41) is 11.6. The SMILES string of the molecule is CC/C=C\C/C=C\C/C=C\C/C=C\C/C=C\C/C=C\CCCCCCCCCCCCC(=O)OC(COC(=O)CCCCCCC)COC(OCC[N+](C)(C)C)C(=O)[O-]. The summed E-state index contributed by atoms with van der Waals surface area (Å²) in [6.45, 7) is 4.50. The lowest BCUT2D eigenvalue weighted by Gasteiger charge is -2.26. The number of quaternary nitrogens is 1. The van der Waals surface area contributed by atoms with Gasteiger partial charge in [-0.15, -0.1) is 0 Å². The van der Waals surface area contributed by atoms with Crippen molar-refractivity contribution in [2.75, 3.05) is 47.5 Å². The molecule has 0 aromatic rings. The van der Waals surface area contributed by atoms with Crippen molar-refractivity contribution in [3.05, 3.63) is 72.9 Å². The Balaban J connectivity index is 4.12. The number of esters is 2. The first-order valence-corrected chi connectivity index (χ1v) is 23.1. The van der Waals surface area contributed by atoms with Crippen LogP contribution in [0, 0.1) is 0 Å². The summed E-state index contributed by atoms with van der Waals surface area (Å²) in [7, 11) is 5.89. The molecule has 0 spiro atoms. The molecule has 59 heavy (non-hydrogen) atoms. The third kappa shape index (κ3) is 42.7. The van der Waals surface area contributed by atoms with Gasteiger partial charge in [-0.05, 0) is 64.2 Å². The summed E-state index contributed by atoms with van der Waals surface area (Å²) in [5.74, 6) is -2.31. The number of hydrogen-bond acceptors (Lipinski definition) is 8. The summed E-state index contributed by atoms with van der Waals surface area (Å²) in [6.07, 6.45) is 48.5. The van der Waals surface area contributed by atoms with Crippen molar-refractivity contribution in [1.82, 2.24) is 0 Å². The Labute approximate surface area is 360 Å². The average Bonchev–Trinajstić information content (AvgIpc) is 3.19. The molecule has 0 aromatic heterocycles. The summed E-state index contributed by atoms with van der Waals surface area (Å²) < 4.78 is 22.4. The van der Waals surface area contributed by atoms with Crippen molar-refractivity contribution >= 4 is 17.9 Å². The van der Waals surface area contributed by atoms with E-state index in [0.717, 1.165) is 96.3 Å². The van der Waals surface area contributed by atoms with E-state index >= 15 is 0 Å². The van der Waals surface area contributed by atoms with Gasteiger partial charge in [-0.3, -0.25) is 9.59 Å². The fraction of sp³-hybridized carbons (Fsp3) is 0.700. The van der Waals surface area contributed by atoms with Crippen LogP contribution in [-0.4, -0.2) is 82.3 Å². The zero-order valence-corrected chi connectivity index (χ0v) is 38.1. The van der Waals surface area contributed by atoms with Gasteiger partial charge >= 0.3 is 11.9 Å². The average molecular weight is 828 g/mol. The molecular weight excluding hydrogens is 743 g/mol. The number of carbonyl (C=O) groups is 3. The second kappa shape index (κ2) is 41.5. The number of rotatable bonds is 41. The number of unbranched alkanes of at least 4 members (excludes halogenated alkanes) is 14. The maximum absolute atomic E-state index is 12.7. The number of allylic oxidation sites excluding steroid dienone is 12. The first-order valence-electron chi connectivity index (χ1n) is 23.1. The maximum atomic E-state index is 12.7. The van der Waals surface area contributed by atoms with Crippen molar-refractivity contribution in [2.45, 2.75) is 180 Å². The van der Waals surface area contributed by atoms with Crippen molar-refractivity contribution in [1.29, 1.82) is 0 Å². The molecule has 0 radical (unpaired) electrons. The Hall–Kier alpha value is -3.27. The molecule has 2 unspecified atom stereocenters. The van der Waals surface area contributed by atoms with E-state index in [1.165, 1.54) is 38.5 Å². The van der Waals surface area contributed by atoms with Crippen LogP contribution in [0.5, 0.6) is 0 Å². The van der Waals surface area contributed by atoms with E-state index in [0.29, 0.717) is 17.4 Å². The van der Waals surface area contributed by atoms with E-state index in [1.54, 1.807) is 0 Å². The molecule has 0 amide bonds. The fourth-order valence-corrected chi connectivity index (χ4v) is 5.89. The highest BCUT2D eigenvalue weighted by Crippen LogP contribution is 2.14. The summed E-state index contributed by atoms with van der Waals surface area (Å²) >= 11 is 0. The van der Waals surface area contributed by atoms with E-state index < -0.39 is 24.3 Å². The highest BCUT2D eigenvalue weighted by molar-refractivity contribution is 5.70. The molecule has 9 heteroatoms. The van der Waals surface area contributed by atoms with Crippen LogP contribution in [0.25, 0.3) is 0 Å². The zero-order chi connectivity index (χ0) is 43.5. The molecule has 0 saturated heterocycles. The predicted octanol–water partition coefficient (Wildman–Crippen LogP) is 11.0. The molecule has 338 valence electrons. The normalized spacial score (nSPS) is 13.6. The van der Waals surface area contributed by atoms with Crippen molar-refractivity contribution in [2.24, 2.45) is 0 Å². The van der Waals surface area contributed by atoms with Gasteiger partial charge in [0.2, 0.25) is 0 Å². The Kier molecular flexibility index (Phi) is 39.2. The van der Waals surface area contributed by atoms with Crippen LogP contribution >= 0.6 is 0 Å². The van der Waals surface area contributed by atoms with E-state index in [1.807, 2.05) is 21.1 Å². The van der Waals surface area contributed by atoms with Crippen molar-refractivity contribution in [3.8, 4) is 0 Å². The van der Waals surface area contributed by atoms with E-state index in [-0.39, 0.29) is 38.6 Å². The summed E-state index contributed by atoms with van der Waals surface area (Å²) in [6, 6.07) is 0. The lowest BCUT2D eigenvalue weighted by molar-refractivity contribution is -0.870. The second-order valence-corrected chi connectivity index (χ2v) is 16.3. The minimum Gasteiger partial charge on any atom is -0.545 e. The van der Waals surface area contributed by atoms with Crippen LogP contribution in [0.15, 0.2) is 72.9 Å². The van der Waals surface area contributed by atoms with Gasteiger partial charge in [0.05, 0.1) is 40.3 Å². The molecule has 0 aliphatic heterocycles. The predicted molar refractivity (Wildman–Crippen MR) is 241 cm³/mol. The summed E-state index contributed by atoms with van der Waals surface area (Å²) in [4.78, 5) is 36.6. The Morgan fingerprint density at radius 3 is 1.44 bits per heavy atom.